The maximum atomic E-state index is 10.7. The molecule has 0 aliphatic heterocycles. The summed E-state index contributed by atoms with van der Waals surface area (Å²) in [4.78, 5) is 16.0. The second kappa shape index (κ2) is 10.8. The molecule has 3 aromatic carbocycles. The van der Waals surface area contributed by atoms with Gasteiger partial charge in [0.05, 0.1) is 0 Å². The number of nitrogens with zero attached hydrogens (tertiary/aromatic N) is 1. The van der Waals surface area contributed by atoms with Crippen LogP contribution in [0, 0.1) is 0 Å². The first-order valence-electron chi connectivity index (χ1n) is 9.94. The average Bonchev–Trinajstić information content (AvgIpc) is 2.78. The van der Waals surface area contributed by atoms with Gasteiger partial charge in [-0.3, -0.25) is 4.79 Å². The molecule has 0 atom stereocenters. The highest BCUT2D eigenvalue weighted by Crippen LogP contribution is 2.17. The van der Waals surface area contributed by atoms with Crippen LogP contribution >= 0.6 is 0 Å². The fourth-order valence-electron chi connectivity index (χ4n) is 2.98. The highest BCUT2D eigenvalue weighted by molar-refractivity contribution is 6.12. The van der Waals surface area contributed by atoms with E-state index in [9.17, 15) is 4.79 Å². The van der Waals surface area contributed by atoms with E-state index in [0.29, 0.717) is 19.6 Å². The third-order valence-corrected chi connectivity index (χ3v) is 4.49. The van der Waals surface area contributed by atoms with Crippen LogP contribution in [-0.4, -0.2) is 23.4 Å². The lowest BCUT2D eigenvalue weighted by atomic mass is 10.0. The fourth-order valence-corrected chi connectivity index (χ4v) is 2.98. The number of hydrogen-bond acceptors (Lipinski definition) is 4. The van der Waals surface area contributed by atoms with Gasteiger partial charge in [0.15, 0.2) is 0 Å². The number of rotatable bonds is 10. The molecule has 0 heterocycles. The Morgan fingerprint density at radius 1 is 0.900 bits per heavy atom. The predicted molar refractivity (Wildman–Crippen MR) is 117 cm³/mol. The monoisotopic (exact) mass is 403 g/mol. The van der Waals surface area contributed by atoms with Gasteiger partial charge >= 0.3 is 5.97 Å². The Kier molecular flexibility index (Phi) is 7.61. The fraction of sp³-hybridized carbons (Fsp3) is 0.200. The van der Waals surface area contributed by atoms with E-state index in [-0.39, 0.29) is 6.42 Å². The minimum Gasteiger partial charge on any atom is -0.489 e. The van der Waals surface area contributed by atoms with Gasteiger partial charge in [0.25, 0.3) is 0 Å². The molecule has 5 heteroatoms. The van der Waals surface area contributed by atoms with Gasteiger partial charge in [-0.05, 0) is 42.7 Å². The van der Waals surface area contributed by atoms with Crippen LogP contribution in [0.1, 0.15) is 35.6 Å². The highest BCUT2D eigenvalue weighted by Gasteiger charge is 2.09. The molecule has 0 amide bonds. The largest absolute Gasteiger partial charge is 0.489 e. The summed E-state index contributed by atoms with van der Waals surface area (Å²) >= 11 is 0. The molecule has 0 radical (unpaired) electrons. The Morgan fingerprint density at radius 3 is 2.33 bits per heavy atom. The summed E-state index contributed by atoms with van der Waals surface area (Å²) in [7, 11) is 0. The molecule has 5 nitrogen and oxygen atoms in total. The Morgan fingerprint density at radius 2 is 1.63 bits per heavy atom. The Balaban J connectivity index is 1.69. The van der Waals surface area contributed by atoms with Crippen LogP contribution in [0.15, 0.2) is 84.0 Å². The molecule has 30 heavy (non-hydrogen) atoms. The molecular formula is C25H25NO4. The summed E-state index contributed by atoms with van der Waals surface area (Å²) in [5, 5.41) is 13.1. The van der Waals surface area contributed by atoms with Crippen LogP contribution in [0.5, 0.6) is 5.75 Å². The van der Waals surface area contributed by atoms with E-state index in [1.165, 1.54) is 0 Å². The van der Waals surface area contributed by atoms with Crippen molar-refractivity contribution in [3.63, 3.8) is 0 Å². The number of carboxylic acid groups (broad SMARTS) is 1. The number of hydrogen-bond donors (Lipinski definition) is 1. The van der Waals surface area contributed by atoms with Crippen molar-refractivity contribution in [3.8, 4) is 5.75 Å². The van der Waals surface area contributed by atoms with Gasteiger partial charge in [-0.2, -0.15) is 0 Å². The maximum Gasteiger partial charge on any atom is 0.303 e. The lowest BCUT2D eigenvalue weighted by molar-refractivity contribution is -0.136. The van der Waals surface area contributed by atoms with Crippen molar-refractivity contribution in [1.82, 2.24) is 0 Å². The SMILES string of the molecule is CCO/N=C(/c1ccccc1)c1cccc(COc2ccc(CCC(=O)O)cc2)c1. The summed E-state index contributed by atoms with van der Waals surface area (Å²) in [5.41, 5.74) is 4.72. The summed E-state index contributed by atoms with van der Waals surface area (Å²) in [6.45, 7) is 2.82. The number of ether oxygens (including phenoxy) is 1. The number of carbonyl (C=O) groups is 1. The van der Waals surface area contributed by atoms with Gasteiger partial charge in [-0.25, -0.2) is 0 Å². The topological polar surface area (TPSA) is 68.1 Å². The van der Waals surface area contributed by atoms with Crippen molar-refractivity contribution in [2.45, 2.75) is 26.4 Å². The quantitative estimate of drug-likeness (QED) is 0.379. The molecule has 0 saturated carbocycles. The molecule has 3 aromatic rings. The van der Waals surface area contributed by atoms with Crippen LogP contribution in [0.2, 0.25) is 0 Å². The van der Waals surface area contributed by atoms with E-state index in [1.54, 1.807) is 0 Å². The first-order chi connectivity index (χ1) is 14.7. The molecule has 0 fully saturated rings. The zero-order chi connectivity index (χ0) is 21.2. The normalized spacial score (nSPS) is 11.2. The summed E-state index contributed by atoms with van der Waals surface area (Å²) in [5.74, 6) is -0.0521. The minimum absolute atomic E-state index is 0.125. The van der Waals surface area contributed by atoms with Crippen LogP contribution in [0.3, 0.4) is 0 Å². The summed E-state index contributed by atoms with van der Waals surface area (Å²) < 4.78 is 5.91. The molecule has 0 unspecified atom stereocenters. The van der Waals surface area contributed by atoms with Crippen molar-refractivity contribution in [2.24, 2.45) is 5.16 Å². The van der Waals surface area contributed by atoms with Gasteiger partial charge in [0.1, 0.15) is 24.7 Å². The lowest BCUT2D eigenvalue weighted by Crippen LogP contribution is -2.06. The molecule has 3 rings (SSSR count). The standard InChI is InChI=1S/C25H25NO4/c1-2-30-26-25(21-8-4-3-5-9-21)22-10-6-7-20(17-22)18-29-23-14-11-19(12-15-23)13-16-24(27)28/h3-12,14-15,17H,2,13,16,18H2,1H3,(H,27,28)/b26-25-. The molecule has 1 N–H and O–H groups in total. The molecule has 0 aliphatic rings. The Hall–Kier alpha value is -3.60. The van der Waals surface area contributed by atoms with Gasteiger partial charge in [0, 0.05) is 17.5 Å². The average molecular weight is 403 g/mol. The zero-order valence-corrected chi connectivity index (χ0v) is 17.0. The molecule has 0 saturated heterocycles. The van der Waals surface area contributed by atoms with E-state index in [1.807, 2.05) is 85.8 Å². The maximum absolute atomic E-state index is 10.7. The lowest BCUT2D eigenvalue weighted by Gasteiger charge is -2.10. The molecular weight excluding hydrogens is 378 g/mol. The van der Waals surface area contributed by atoms with Crippen molar-refractivity contribution in [1.29, 1.82) is 0 Å². The van der Waals surface area contributed by atoms with Crippen molar-refractivity contribution in [3.05, 3.63) is 101 Å². The third kappa shape index (κ3) is 6.21. The van der Waals surface area contributed by atoms with Crippen LogP contribution in [0.4, 0.5) is 0 Å². The predicted octanol–water partition coefficient (Wildman–Crippen LogP) is 5.07. The molecule has 0 bridgehead atoms. The molecule has 0 aromatic heterocycles. The van der Waals surface area contributed by atoms with Gasteiger partial charge < -0.3 is 14.7 Å². The van der Waals surface area contributed by atoms with Crippen LogP contribution < -0.4 is 4.74 Å². The first kappa shape index (κ1) is 21.1. The number of carboxylic acids is 1. The van der Waals surface area contributed by atoms with Crippen LogP contribution in [-0.2, 0) is 22.7 Å². The Labute approximate surface area is 176 Å². The third-order valence-electron chi connectivity index (χ3n) is 4.49. The first-order valence-corrected chi connectivity index (χ1v) is 9.94. The second-order valence-corrected chi connectivity index (χ2v) is 6.75. The number of oxime groups is 1. The summed E-state index contributed by atoms with van der Waals surface area (Å²) in [6.07, 6.45) is 0.638. The number of aryl methyl sites for hydroxylation is 1. The van der Waals surface area contributed by atoms with Crippen LogP contribution in [0.25, 0.3) is 0 Å². The Bertz CT molecular complexity index is 982. The van der Waals surface area contributed by atoms with Crippen molar-refractivity contribution < 1.29 is 19.5 Å². The number of aliphatic carboxylic acids is 1. The smallest absolute Gasteiger partial charge is 0.303 e. The highest BCUT2D eigenvalue weighted by atomic mass is 16.6. The number of benzene rings is 3. The van der Waals surface area contributed by atoms with E-state index < -0.39 is 5.97 Å². The zero-order valence-electron chi connectivity index (χ0n) is 17.0. The van der Waals surface area contributed by atoms with E-state index >= 15 is 0 Å². The molecule has 0 spiro atoms. The molecule has 154 valence electrons. The molecule has 0 aliphatic carbocycles. The second-order valence-electron chi connectivity index (χ2n) is 6.75. The summed E-state index contributed by atoms with van der Waals surface area (Å²) in [6, 6.07) is 25.5. The van der Waals surface area contributed by atoms with Crippen molar-refractivity contribution in [2.75, 3.05) is 6.61 Å². The van der Waals surface area contributed by atoms with Gasteiger partial charge in [-0.15, -0.1) is 0 Å². The van der Waals surface area contributed by atoms with E-state index in [2.05, 4.69) is 5.16 Å². The van der Waals surface area contributed by atoms with Gasteiger partial charge in [-0.1, -0.05) is 65.8 Å². The van der Waals surface area contributed by atoms with E-state index in [4.69, 9.17) is 14.7 Å². The minimum atomic E-state index is -0.794. The van der Waals surface area contributed by atoms with Gasteiger partial charge in [0.2, 0.25) is 0 Å². The van der Waals surface area contributed by atoms with E-state index in [0.717, 1.165) is 33.7 Å². The van der Waals surface area contributed by atoms with Crippen molar-refractivity contribution >= 4 is 11.7 Å².